The number of benzene rings is 1. The minimum atomic E-state index is -3.65. The summed E-state index contributed by atoms with van der Waals surface area (Å²) in [7, 11) is -3.65. The number of aromatic carboxylic acids is 1. The van der Waals surface area contributed by atoms with Gasteiger partial charge in [-0.1, -0.05) is 13.0 Å². The Bertz CT molecular complexity index is 620. The highest BCUT2D eigenvalue weighted by molar-refractivity contribution is 7.89. The van der Waals surface area contributed by atoms with Gasteiger partial charge in [0, 0.05) is 19.6 Å². The Labute approximate surface area is 124 Å². The van der Waals surface area contributed by atoms with Gasteiger partial charge < -0.3 is 10.4 Å². The van der Waals surface area contributed by atoms with Crippen LogP contribution in [0, 0.1) is 0 Å². The number of nitrogens with zero attached hydrogens (tertiary/aromatic N) is 1. The van der Waals surface area contributed by atoms with Crippen LogP contribution >= 0.6 is 0 Å². The van der Waals surface area contributed by atoms with Crippen LogP contribution in [0.2, 0.25) is 0 Å². The predicted molar refractivity (Wildman–Crippen MR) is 79.0 cm³/mol. The van der Waals surface area contributed by atoms with Crippen molar-refractivity contribution in [1.29, 1.82) is 0 Å². The van der Waals surface area contributed by atoms with E-state index in [0.29, 0.717) is 31.6 Å². The first kappa shape index (κ1) is 15.9. The summed E-state index contributed by atoms with van der Waals surface area (Å²) in [6.07, 6.45) is 1.29. The maximum Gasteiger partial charge on any atom is 0.335 e. The standard InChI is InChI=1S/C14H20N2O4S/c1-2-11-4-5-12(14(17)18)10-13(11)21(19,20)16-8-3-6-15-7-9-16/h4-5,10,15H,2-3,6-9H2,1H3,(H,17,18). The van der Waals surface area contributed by atoms with Gasteiger partial charge in [0.15, 0.2) is 0 Å². The minimum Gasteiger partial charge on any atom is -0.478 e. The second-order valence-corrected chi connectivity index (χ2v) is 6.90. The fourth-order valence-corrected chi connectivity index (χ4v) is 4.22. The molecule has 1 heterocycles. The molecule has 1 aliphatic heterocycles. The molecule has 0 unspecified atom stereocenters. The van der Waals surface area contributed by atoms with Gasteiger partial charge in [-0.15, -0.1) is 0 Å². The van der Waals surface area contributed by atoms with Crippen LogP contribution in [-0.2, 0) is 16.4 Å². The zero-order valence-corrected chi connectivity index (χ0v) is 12.8. The van der Waals surface area contributed by atoms with E-state index in [0.717, 1.165) is 13.0 Å². The summed E-state index contributed by atoms with van der Waals surface area (Å²) in [5.41, 5.74) is 0.649. The first-order chi connectivity index (χ1) is 9.96. The second kappa shape index (κ2) is 6.55. The number of nitrogens with one attached hydrogen (secondary N) is 1. The third-order valence-electron chi connectivity index (χ3n) is 3.61. The largest absolute Gasteiger partial charge is 0.478 e. The SMILES string of the molecule is CCc1ccc(C(=O)O)cc1S(=O)(=O)N1CCCNCC1. The lowest BCUT2D eigenvalue weighted by molar-refractivity contribution is 0.0696. The molecule has 2 rings (SSSR count). The first-order valence-electron chi connectivity index (χ1n) is 7.04. The second-order valence-electron chi connectivity index (χ2n) is 4.99. The Morgan fingerprint density at radius 3 is 2.76 bits per heavy atom. The Morgan fingerprint density at radius 1 is 1.33 bits per heavy atom. The van der Waals surface area contributed by atoms with Crippen molar-refractivity contribution >= 4 is 16.0 Å². The third kappa shape index (κ3) is 3.42. The van der Waals surface area contributed by atoms with Gasteiger partial charge in [-0.3, -0.25) is 0 Å². The molecule has 1 fully saturated rings. The van der Waals surface area contributed by atoms with Crippen molar-refractivity contribution in [1.82, 2.24) is 9.62 Å². The zero-order chi connectivity index (χ0) is 15.5. The molecule has 1 saturated heterocycles. The van der Waals surface area contributed by atoms with Crippen molar-refractivity contribution < 1.29 is 18.3 Å². The molecule has 21 heavy (non-hydrogen) atoms. The average Bonchev–Trinajstić information content (AvgIpc) is 2.76. The van der Waals surface area contributed by atoms with Crippen molar-refractivity contribution in [2.75, 3.05) is 26.2 Å². The summed E-state index contributed by atoms with van der Waals surface area (Å²) in [6.45, 7) is 4.12. The number of carboxylic acid groups (broad SMARTS) is 1. The Balaban J connectivity index is 2.46. The fourth-order valence-electron chi connectivity index (χ4n) is 2.42. The molecule has 0 saturated carbocycles. The van der Waals surface area contributed by atoms with Crippen LogP contribution in [0.25, 0.3) is 0 Å². The fraction of sp³-hybridized carbons (Fsp3) is 0.500. The molecule has 0 aliphatic carbocycles. The van der Waals surface area contributed by atoms with E-state index >= 15 is 0 Å². The van der Waals surface area contributed by atoms with E-state index in [-0.39, 0.29) is 10.5 Å². The van der Waals surface area contributed by atoms with Crippen LogP contribution in [0.5, 0.6) is 0 Å². The predicted octanol–water partition coefficient (Wildman–Crippen LogP) is 0.931. The number of hydrogen-bond donors (Lipinski definition) is 2. The molecule has 116 valence electrons. The van der Waals surface area contributed by atoms with Gasteiger partial charge in [-0.2, -0.15) is 4.31 Å². The lowest BCUT2D eigenvalue weighted by atomic mass is 10.1. The Hall–Kier alpha value is -1.44. The number of sulfonamides is 1. The molecule has 0 bridgehead atoms. The Kier molecular flexibility index (Phi) is 4.97. The van der Waals surface area contributed by atoms with E-state index in [1.165, 1.54) is 16.4 Å². The molecule has 6 nitrogen and oxygen atoms in total. The smallest absolute Gasteiger partial charge is 0.335 e. The highest BCUT2D eigenvalue weighted by Crippen LogP contribution is 2.23. The summed E-state index contributed by atoms with van der Waals surface area (Å²) < 4.78 is 27.0. The van der Waals surface area contributed by atoms with Crippen LogP contribution in [0.1, 0.15) is 29.3 Å². The third-order valence-corrected chi connectivity index (χ3v) is 5.59. The lowest BCUT2D eigenvalue weighted by Gasteiger charge is -2.21. The van der Waals surface area contributed by atoms with Crippen molar-refractivity contribution in [3.63, 3.8) is 0 Å². The van der Waals surface area contributed by atoms with Crippen LogP contribution in [0.4, 0.5) is 0 Å². The number of hydrogen-bond acceptors (Lipinski definition) is 4. The van der Waals surface area contributed by atoms with Crippen molar-refractivity contribution in [3.05, 3.63) is 29.3 Å². The summed E-state index contributed by atoms with van der Waals surface area (Å²) in [6, 6.07) is 4.31. The van der Waals surface area contributed by atoms with Crippen molar-refractivity contribution in [2.24, 2.45) is 0 Å². The summed E-state index contributed by atoms with van der Waals surface area (Å²) >= 11 is 0. The summed E-state index contributed by atoms with van der Waals surface area (Å²) in [4.78, 5) is 11.2. The molecule has 1 aromatic carbocycles. The molecule has 1 aliphatic rings. The van der Waals surface area contributed by atoms with E-state index in [2.05, 4.69) is 5.32 Å². The molecule has 1 aromatic rings. The quantitative estimate of drug-likeness (QED) is 0.864. The van der Waals surface area contributed by atoms with Crippen LogP contribution in [0.15, 0.2) is 23.1 Å². The van der Waals surface area contributed by atoms with Crippen LogP contribution in [0.3, 0.4) is 0 Å². The van der Waals surface area contributed by atoms with E-state index in [1.807, 2.05) is 6.92 Å². The van der Waals surface area contributed by atoms with Crippen LogP contribution in [-0.4, -0.2) is 50.0 Å². The molecule has 0 amide bonds. The normalized spacial score (nSPS) is 17.4. The van der Waals surface area contributed by atoms with Gasteiger partial charge in [0.05, 0.1) is 10.5 Å². The van der Waals surface area contributed by atoms with Gasteiger partial charge in [0.2, 0.25) is 10.0 Å². The minimum absolute atomic E-state index is 0.00118. The lowest BCUT2D eigenvalue weighted by Crippen LogP contribution is -2.34. The van der Waals surface area contributed by atoms with Gasteiger partial charge in [0.1, 0.15) is 0 Å². The van der Waals surface area contributed by atoms with E-state index < -0.39 is 16.0 Å². The maximum absolute atomic E-state index is 12.8. The maximum atomic E-state index is 12.8. The average molecular weight is 312 g/mol. The zero-order valence-electron chi connectivity index (χ0n) is 12.0. The van der Waals surface area contributed by atoms with Gasteiger partial charge in [-0.05, 0) is 37.1 Å². The molecule has 7 heteroatoms. The van der Waals surface area contributed by atoms with E-state index in [4.69, 9.17) is 5.11 Å². The number of rotatable bonds is 4. The number of carbonyl (C=O) groups is 1. The molecule has 2 N–H and O–H groups in total. The van der Waals surface area contributed by atoms with Crippen molar-refractivity contribution in [2.45, 2.75) is 24.7 Å². The molecule has 0 atom stereocenters. The number of aryl methyl sites for hydroxylation is 1. The molecule has 0 spiro atoms. The summed E-state index contributed by atoms with van der Waals surface area (Å²) in [5.74, 6) is -1.12. The molecule has 0 aromatic heterocycles. The van der Waals surface area contributed by atoms with E-state index in [1.54, 1.807) is 6.07 Å². The van der Waals surface area contributed by atoms with Crippen molar-refractivity contribution in [3.8, 4) is 0 Å². The number of carboxylic acids is 1. The van der Waals surface area contributed by atoms with Crippen LogP contribution < -0.4 is 5.32 Å². The van der Waals surface area contributed by atoms with Gasteiger partial charge >= 0.3 is 5.97 Å². The van der Waals surface area contributed by atoms with Gasteiger partial charge in [-0.25, -0.2) is 13.2 Å². The highest BCUT2D eigenvalue weighted by Gasteiger charge is 2.27. The first-order valence-corrected chi connectivity index (χ1v) is 8.48. The molecular formula is C14H20N2O4S. The molecule has 0 radical (unpaired) electrons. The highest BCUT2D eigenvalue weighted by atomic mass is 32.2. The topological polar surface area (TPSA) is 86.7 Å². The monoisotopic (exact) mass is 312 g/mol. The summed E-state index contributed by atoms with van der Waals surface area (Å²) in [5, 5.41) is 12.2. The molecular weight excluding hydrogens is 292 g/mol. The van der Waals surface area contributed by atoms with E-state index in [9.17, 15) is 13.2 Å². The van der Waals surface area contributed by atoms with Gasteiger partial charge in [0.25, 0.3) is 0 Å². The Morgan fingerprint density at radius 2 is 2.10 bits per heavy atom.